The Morgan fingerprint density at radius 2 is 2.11 bits per heavy atom. The van der Waals surface area contributed by atoms with Crippen LogP contribution in [-0.2, 0) is 16.6 Å². The number of hydrogen-bond acceptors (Lipinski definition) is 3. The van der Waals surface area contributed by atoms with Gasteiger partial charge in [0, 0.05) is 18.4 Å². The van der Waals surface area contributed by atoms with Crippen LogP contribution in [0, 0.1) is 5.82 Å². The van der Waals surface area contributed by atoms with Crippen molar-refractivity contribution in [2.75, 3.05) is 4.72 Å². The van der Waals surface area contributed by atoms with Crippen LogP contribution in [0.2, 0.25) is 5.02 Å². The average Bonchev–Trinajstić information content (AvgIpc) is 2.82. The molecule has 0 aliphatic heterocycles. The van der Waals surface area contributed by atoms with Crippen molar-refractivity contribution in [3.05, 3.63) is 47.0 Å². The number of nitrogens with one attached hydrogen (secondary N) is 2. The minimum absolute atomic E-state index is 0.0156. The molecule has 102 valence electrons. The standard InChI is InChI=1S/C11H11ClFN3O2S/c12-10-3-7(13)1-2-11(10)16-19(17,18)9-4-8(5-14)15-6-9/h1-4,6,15-16H,5,14H2. The van der Waals surface area contributed by atoms with Gasteiger partial charge >= 0.3 is 0 Å². The van der Waals surface area contributed by atoms with Crippen LogP contribution in [0.4, 0.5) is 10.1 Å². The summed E-state index contributed by atoms with van der Waals surface area (Å²) in [5.41, 5.74) is 6.09. The molecule has 2 aromatic rings. The predicted octanol–water partition coefficient (Wildman–Crippen LogP) is 2.07. The first-order chi connectivity index (χ1) is 8.92. The monoisotopic (exact) mass is 303 g/mol. The first kappa shape index (κ1) is 13.9. The summed E-state index contributed by atoms with van der Waals surface area (Å²) in [5, 5.41) is -0.0156. The number of aromatic nitrogens is 1. The van der Waals surface area contributed by atoms with Crippen molar-refractivity contribution in [2.45, 2.75) is 11.4 Å². The number of halogens is 2. The van der Waals surface area contributed by atoms with E-state index in [1.807, 2.05) is 0 Å². The van der Waals surface area contributed by atoms with Gasteiger partial charge in [0.05, 0.1) is 10.7 Å². The van der Waals surface area contributed by atoms with E-state index in [-0.39, 0.29) is 22.2 Å². The fourth-order valence-corrected chi connectivity index (χ4v) is 2.84. The van der Waals surface area contributed by atoms with Crippen LogP contribution in [0.3, 0.4) is 0 Å². The number of sulfonamides is 1. The highest BCUT2D eigenvalue weighted by atomic mass is 35.5. The molecule has 0 fully saturated rings. The summed E-state index contributed by atoms with van der Waals surface area (Å²) in [5.74, 6) is -0.542. The highest BCUT2D eigenvalue weighted by Crippen LogP contribution is 2.25. The lowest BCUT2D eigenvalue weighted by Gasteiger charge is -2.08. The van der Waals surface area contributed by atoms with Crippen molar-refractivity contribution in [3.63, 3.8) is 0 Å². The van der Waals surface area contributed by atoms with Crippen molar-refractivity contribution in [2.24, 2.45) is 5.73 Å². The fraction of sp³-hybridized carbons (Fsp3) is 0.0909. The molecule has 1 aromatic carbocycles. The summed E-state index contributed by atoms with van der Waals surface area (Å²) < 4.78 is 39.2. The van der Waals surface area contributed by atoms with Crippen LogP contribution in [-0.4, -0.2) is 13.4 Å². The maximum absolute atomic E-state index is 12.9. The smallest absolute Gasteiger partial charge is 0.263 e. The zero-order valence-corrected chi connectivity index (χ0v) is 11.2. The van der Waals surface area contributed by atoms with E-state index in [2.05, 4.69) is 9.71 Å². The molecule has 0 bridgehead atoms. The first-order valence-electron chi connectivity index (χ1n) is 5.27. The number of hydrogen-bond donors (Lipinski definition) is 3. The Bertz CT molecular complexity index is 700. The molecule has 0 saturated carbocycles. The Labute approximate surface area is 114 Å². The van der Waals surface area contributed by atoms with Gasteiger partial charge in [-0.1, -0.05) is 11.6 Å². The van der Waals surface area contributed by atoms with E-state index in [1.54, 1.807) is 0 Å². The summed E-state index contributed by atoms with van der Waals surface area (Å²) in [7, 11) is -3.78. The molecule has 0 radical (unpaired) electrons. The molecule has 2 rings (SSSR count). The van der Waals surface area contributed by atoms with Crippen LogP contribution in [0.5, 0.6) is 0 Å². The lowest BCUT2D eigenvalue weighted by Crippen LogP contribution is -2.12. The summed E-state index contributed by atoms with van der Waals surface area (Å²) >= 11 is 5.76. The van der Waals surface area contributed by atoms with E-state index in [1.165, 1.54) is 18.3 Å². The maximum atomic E-state index is 12.9. The lowest BCUT2D eigenvalue weighted by molar-refractivity contribution is 0.601. The van der Waals surface area contributed by atoms with Gasteiger partial charge < -0.3 is 10.7 Å². The van der Waals surface area contributed by atoms with Gasteiger partial charge in [0.25, 0.3) is 10.0 Å². The van der Waals surface area contributed by atoms with Crippen LogP contribution < -0.4 is 10.5 Å². The van der Waals surface area contributed by atoms with Gasteiger partial charge in [0.1, 0.15) is 10.7 Å². The van der Waals surface area contributed by atoms with Gasteiger partial charge in [-0.3, -0.25) is 4.72 Å². The molecule has 0 spiro atoms. The van der Waals surface area contributed by atoms with Crippen molar-refractivity contribution < 1.29 is 12.8 Å². The van der Waals surface area contributed by atoms with Crippen LogP contribution in [0.1, 0.15) is 5.69 Å². The van der Waals surface area contributed by atoms with Gasteiger partial charge in [0.15, 0.2) is 0 Å². The van der Waals surface area contributed by atoms with Crippen molar-refractivity contribution in [1.29, 1.82) is 0 Å². The number of H-pyrrole nitrogens is 1. The maximum Gasteiger partial charge on any atom is 0.263 e. The minimum atomic E-state index is -3.78. The number of aromatic amines is 1. The Kier molecular flexibility index (Phi) is 3.79. The van der Waals surface area contributed by atoms with Crippen LogP contribution >= 0.6 is 11.6 Å². The molecule has 0 unspecified atom stereocenters. The molecule has 4 N–H and O–H groups in total. The summed E-state index contributed by atoms with van der Waals surface area (Å²) in [6, 6.07) is 4.82. The molecule has 0 saturated heterocycles. The number of benzene rings is 1. The zero-order valence-electron chi connectivity index (χ0n) is 9.65. The lowest BCUT2D eigenvalue weighted by atomic mass is 10.3. The minimum Gasteiger partial charge on any atom is -0.363 e. The Balaban J connectivity index is 2.30. The van der Waals surface area contributed by atoms with Crippen molar-refractivity contribution in [3.8, 4) is 0 Å². The van der Waals surface area contributed by atoms with Gasteiger partial charge in [0.2, 0.25) is 0 Å². The normalized spacial score (nSPS) is 11.5. The highest BCUT2D eigenvalue weighted by molar-refractivity contribution is 7.92. The van der Waals surface area contributed by atoms with E-state index in [4.69, 9.17) is 17.3 Å². The zero-order chi connectivity index (χ0) is 14.0. The second-order valence-electron chi connectivity index (χ2n) is 3.79. The molecule has 5 nitrogen and oxygen atoms in total. The SMILES string of the molecule is NCc1cc(S(=O)(=O)Nc2ccc(F)cc2Cl)c[nH]1. The number of nitrogens with two attached hydrogens (primary N) is 1. The quantitative estimate of drug-likeness (QED) is 0.808. The van der Waals surface area contributed by atoms with Gasteiger partial charge in [-0.25, -0.2) is 12.8 Å². The highest BCUT2D eigenvalue weighted by Gasteiger charge is 2.17. The molecule has 0 aliphatic rings. The fourth-order valence-electron chi connectivity index (χ4n) is 1.47. The van der Waals surface area contributed by atoms with Crippen LogP contribution in [0.25, 0.3) is 0 Å². The van der Waals surface area contributed by atoms with E-state index in [9.17, 15) is 12.8 Å². The Hall–Kier alpha value is -1.57. The van der Waals surface area contributed by atoms with Crippen LogP contribution in [0.15, 0.2) is 35.4 Å². The largest absolute Gasteiger partial charge is 0.363 e. The van der Waals surface area contributed by atoms with Gasteiger partial charge in [-0.15, -0.1) is 0 Å². The molecule has 8 heteroatoms. The van der Waals surface area contributed by atoms with E-state index < -0.39 is 15.8 Å². The molecule has 0 aliphatic carbocycles. The van der Waals surface area contributed by atoms with Gasteiger partial charge in [-0.05, 0) is 24.3 Å². The molecule has 19 heavy (non-hydrogen) atoms. The molecule has 1 aromatic heterocycles. The third-order valence-electron chi connectivity index (χ3n) is 2.42. The number of anilines is 1. The second kappa shape index (κ2) is 5.20. The Morgan fingerprint density at radius 1 is 1.37 bits per heavy atom. The second-order valence-corrected chi connectivity index (χ2v) is 5.88. The van der Waals surface area contributed by atoms with Gasteiger partial charge in [-0.2, -0.15) is 0 Å². The summed E-state index contributed by atoms with van der Waals surface area (Å²) in [6.07, 6.45) is 1.32. The van der Waals surface area contributed by atoms with Crippen molar-refractivity contribution >= 4 is 27.3 Å². The van der Waals surface area contributed by atoms with E-state index >= 15 is 0 Å². The van der Waals surface area contributed by atoms with E-state index in [0.29, 0.717) is 5.69 Å². The third-order valence-corrected chi connectivity index (χ3v) is 4.08. The van der Waals surface area contributed by atoms with E-state index in [0.717, 1.165) is 12.1 Å². The molecular weight excluding hydrogens is 293 g/mol. The topological polar surface area (TPSA) is 88.0 Å². The Morgan fingerprint density at radius 3 is 2.68 bits per heavy atom. The molecule has 0 atom stereocenters. The summed E-state index contributed by atoms with van der Waals surface area (Å²) in [6.45, 7) is 0.201. The van der Waals surface area contributed by atoms with Crippen molar-refractivity contribution in [1.82, 2.24) is 4.98 Å². The first-order valence-corrected chi connectivity index (χ1v) is 7.14. The molecule has 1 heterocycles. The molecule has 0 amide bonds. The summed E-state index contributed by atoms with van der Waals surface area (Å²) in [4.78, 5) is 2.77. The molecular formula is C11H11ClFN3O2S. The average molecular weight is 304 g/mol. The predicted molar refractivity (Wildman–Crippen MR) is 70.9 cm³/mol. The number of rotatable bonds is 4. The third kappa shape index (κ3) is 3.06.